The van der Waals surface area contributed by atoms with E-state index < -0.39 is 15.6 Å². The number of hydrogen-bond donors (Lipinski definition) is 1. The maximum atomic E-state index is 12.3. The van der Waals surface area contributed by atoms with Gasteiger partial charge in [-0.05, 0) is 52.3 Å². The summed E-state index contributed by atoms with van der Waals surface area (Å²) in [5.74, 6) is 0.397. The summed E-state index contributed by atoms with van der Waals surface area (Å²) in [5.41, 5.74) is 0.445. The third kappa shape index (κ3) is 3.99. The minimum Gasteiger partial charge on any atom is -0.492 e. The highest BCUT2D eigenvalue weighted by atomic mass is 32.2. The topological polar surface area (TPSA) is 55.4 Å². The summed E-state index contributed by atoms with van der Waals surface area (Å²) in [5, 5.41) is 0. The van der Waals surface area contributed by atoms with Crippen LogP contribution in [0, 0.1) is 6.92 Å². The monoisotopic (exact) mass is 271 g/mol. The van der Waals surface area contributed by atoms with E-state index in [4.69, 9.17) is 4.74 Å². The Labute approximate surface area is 109 Å². The maximum Gasteiger partial charge on any atom is 0.244 e. The summed E-state index contributed by atoms with van der Waals surface area (Å²) in [6.45, 7) is 9.57. The van der Waals surface area contributed by atoms with Crippen molar-refractivity contribution < 1.29 is 13.2 Å². The molecular formula is C13H21NO3S. The zero-order valence-electron chi connectivity index (χ0n) is 11.6. The molecule has 1 rings (SSSR count). The second-order valence-electron chi connectivity index (χ2n) is 5.24. The second-order valence-corrected chi connectivity index (χ2v) is 6.89. The van der Waals surface area contributed by atoms with Crippen molar-refractivity contribution in [1.29, 1.82) is 0 Å². The molecule has 0 radical (unpaired) electrons. The van der Waals surface area contributed by atoms with Crippen LogP contribution >= 0.6 is 0 Å². The molecule has 0 aliphatic rings. The molecule has 0 fully saturated rings. The Morgan fingerprint density at radius 2 is 1.89 bits per heavy atom. The molecule has 1 N–H and O–H groups in total. The van der Waals surface area contributed by atoms with Crippen molar-refractivity contribution in [3.63, 3.8) is 0 Å². The molecule has 0 spiro atoms. The van der Waals surface area contributed by atoms with Crippen LogP contribution in [0.5, 0.6) is 5.75 Å². The van der Waals surface area contributed by atoms with Crippen molar-refractivity contribution in [3.05, 3.63) is 23.8 Å². The van der Waals surface area contributed by atoms with Crippen molar-refractivity contribution >= 4 is 10.0 Å². The van der Waals surface area contributed by atoms with Gasteiger partial charge in [0.15, 0.2) is 0 Å². The molecule has 5 heteroatoms. The van der Waals surface area contributed by atoms with Gasteiger partial charge in [-0.1, -0.05) is 6.07 Å². The van der Waals surface area contributed by atoms with E-state index in [9.17, 15) is 8.42 Å². The van der Waals surface area contributed by atoms with Gasteiger partial charge in [-0.25, -0.2) is 13.1 Å². The summed E-state index contributed by atoms with van der Waals surface area (Å²) in [4.78, 5) is 0.185. The third-order valence-electron chi connectivity index (χ3n) is 2.13. The fraction of sp³-hybridized carbons (Fsp3) is 0.538. The highest BCUT2D eigenvalue weighted by molar-refractivity contribution is 7.89. The van der Waals surface area contributed by atoms with Gasteiger partial charge in [-0.2, -0.15) is 0 Å². The Kier molecular flexibility index (Phi) is 4.40. The maximum absolute atomic E-state index is 12.3. The zero-order valence-corrected chi connectivity index (χ0v) is 12.4. The first-order chi connectivity index (χ1) is 8.15. The van der Waals surface area contributed by atoms with Crippen molar-refractivity contribution in [2.24, 2.45) is 0 Å². The van der Waals surface area contributed by atoms with Crippen LogP contribution in [0.4, 0.5) is 0 Å². The summed E-state index contributed by atoms with van der Waals surface area (Å²) < 4.78 is 32.5. The van der Waals surface area contributed by atoms with Crippen LogP contribution in [0.25, 0.3) is 0 Å². The lowest BCUT2D eigenvalue weighted by Gasteiger charge is -2.21. The average molecular weight is 271 g/mol. The van der Waals surface area contributed by atoms with Crippen LogP contribution in [0.1, 0.15) is 33.3 Å². The van der Waals surface area contributed by atoms with Crippen LogP contribution in [-0.2, 0) is 10.0 Å². The van der Waals surface area contributed by atoms with Crippen LogP contribution in [0.15, 0.2) is 23.1 Å². The van der Waals surface area contributed by atoms with Crippen LogP contribution in [-0.4, -0.2) is 20.6 Å². The molecule has 102 valence electrons. The molecule has 0 aliphatic heterocycles. The van der Waals surface area contributed by atoms with Crippen molar-refractivity contribution in [2.75, 3.05) is 6.61 Å². The first-order valence-electron chi connectivity index (χ1n) is 5.93. The van der Waals surface area contributed by atoms with Crippen LogP contribution in [0.3, 0.4) is 0 Å². The molecule has 18 heavy (non-hydrogen) atoms. The van der Waals surface area contributed by atoms with E-state index >= 15 is 0 Å². The van der Waals surface area contributed by atoms with Crippen molar-refractivity contribution in [2.45, 2.75) is 45.1 Å². The van der Waals surface area contributed by atoms with E-state index in [1.54, 1.807) is 39.0 Å². The lowest BCUT2D eigenvalue weighted by atomic mass is 10.1. The average Bonchev–Trinajstić information content (AvgIpc) is 2.13. The van der Waals surface area contributed by atoms with Crippen molar-refractivity contribution in [1.82, 2.24) is 4.72 Å². The summed E-state index contributed by atoms with van der Waals surface area (Å²) in [7, 11) is -3.56. The number of benzene rings is 1. The summed E-state index contributed by atoms with van der Waals surface area (Å²) >= 11 is 0. The minimum atomic E-state index is -3.56. The smallest absolute Gasteiger partial charge is 0.244 e. The highest BCUT2D eigenvalue weighted by Crippen LogP contribution is 2.26. The van der Waals surface area contributed by atoms with E-state index in [1.807, 2.05) is 13.8 Å². The third-order valence-corrected chi connectivity index (χ3v) is 3.93. The zero-order chi connectivity index (χ0) is 14.0. The van der Waals surface area contributed by atoms with E-state index in [-0.39, 0.29) is 4.90 Å². The van der Waals surface area contributed by atoms with Gasteiger partial charge in [0, 0.05) is 5.54 Å². The van der Waals surface area contributed by atoms with E-state index in [1.165, 1.54) is 0 Å². The molecule has 0 unspecified atom stereocenters. The lowest BCUT2D eigenvalue weighted by Crippen LogP contribution is -2.40. The number of nitrogens with one attached hydrogen (secondary N) is 1. The molecule has 1 aromatic rings. The first kappa shape index (κ1) is 15.0. The Balaban J connectivity index is 3.23. The number of hydrogen-bond acceptors (Lipinski definition) is 3. The van der Waals surface area contributed by atoms with E-state index in [2.05, 4.69) is 4.72 Å². The fourth-order valence-electron chi connectivity index (χ4n) is 1.56. The van der Waals surface area contributed by atoms with Gasteiger partial charge in [-0.15, -0.1) is 0 Å². The Bertz CT molecular complexity index is 516. The van der Waals surface area contributed by atoms with Gasteiger partial charge in [0.05, 0.1) is 6.61 Å². The molecule has 0 atom stereocenters. The predicted octanol–water partition coefficient (Wildman–Crippen LogP) is 2.47. The molecule has 0 aliphatic carbocycles. The number of ether oxygens (including phenoxy) is 1. The molecule has 0 saturated carbocycles. The summed E-state index contributed by atoms with van der Waals surface area (Å²) in [6.07, 6.45) is 0. The SMILES string of the molecule is CCOc1cc(C)ccc1S(=O)(=O)NC(C)(C)C. The van der Waals surface area contributed by atoms with Gasteiger partial charge < -0.3 is 4.74 Å². The Hall–Kier alpha value is -1.07. The predicted molar refractivity (Wildman–Crippen MR) is 72.4 cm³/mol. The van der Waals surface area contributed by atoms with Gasteiger partial charge in [0.1, 0.15) is 10.6 Å². The van der Waals surface area contributed by atoms with Crippen LogP contribution in [0.2, 0.25) is 0 Å². The fourth-order valence-corrected chi connectivity index (χ4v) is 3.11. The minimum absolute atomic E-state index is 0.185. The summed E-state index contributed by atoms with van der Waals surface area (Å²) in [6, 6.07) is 5.08. The molecule has 0 aromatic heterocycles. The molecule has 0 saturated heterocycles. The molecule has 0 amide bonds. The Morgan fingerprint density at radius 1 is 1.28 bits per heavy atom. The standard InChI is InChI=1S/C13H21NO3S/c1-6-17-11-9-10(2)7-8-12(11)18(15,16)14-13(3,4)5/h7-9,14H,6H2,1-5H3. The Morgan fingerprint density at radius 3 is 2.39 bits per heavy atom. The highest BCUT2D eigenvalue weighted by Gasteiger charge is 2.25. The first-order valence-corrected chi connectivity index (χ1v) is 7.41. The number of sulfonamides is 1. The van der Waals surface area contributed by atoms with Gasteiger partial charge in [0.2, 0.25) is 10.0 Å². The largest absolute Gasteiger partial charge is 0.492 e. The van der Waals surface area contributed by atoms with Crippen LogP contribution < -0.4 is 9.46 Å². The normalized spacial score (nSPS) is 12.5. The second kappa shape index (κ2) is 5.28. The quantitative estimate of drug-likeness (QED) is 0.915. The molecule has 1 aromatic carbocycles. The van der Waals surface area contributed by atoms with Crippen molar-refractivity contribution in [3.8, 4) is 5.75 Å². The lowest BCUT2D eigenvalue weighted by molar-refractivity contribution is 0.330. The van der Waals surface area contributed by atoms with E-state index in [0.717, 1.165) is 5.56 Å². The van der Waals surface area contributed by atoms with Gasteiger partial charge >= 0.3 is 0 Å². The number of aryl methyl sites for hydroxylation is 1. The molecule has 4 nitrogen and oxygen atoms in total. The molecule has 0 bridgehead atoms. The molecule has 0 heterocycles. The van der Waals surface area contributed by atoms with Gasteiger partial charge in [0.25, 0.3) is 0 Å². The number of rotatable bonds is 4. The molecular weight excluding hydrogens is 250 g/mol. The van der Waals surface area contributed by atoms with E-state index in [0.29, 0.717) is 12.4 Å². The van der Waals surface area contributed by atoms with Gasteiger partial charge in [-0.3, -0.25) is 0 Å².